The van der Waals surface area contributed by atoms with Gasteiger partial charge in [-0.05, 0) is 91.0 Å². The third-order valence-corrected chi connectivity index (χ3v) is 13.5. The molecule has 4 nitrogen and oxygen atoms in total. The minimum atomic E-state index is -0.180. The van der Waals surface area contributed by atoms with E-state index in [4.69, 9.17) is 15.0 Å². The fraction of sp³-hybridized carbons (Fsp3) is 0.105. The van der Waals surface area contributed by atoms with Gasteiger partial charge in [-0.3, -0.25) is 4.57 Å². The van der Waals surface area contributed by atoms with E-state index >= 15 is 0 Å². The van der Waals surface area contributed by atoms with Gasteiger partial charge in [-0.2, -0.15) is 9.97 Å². The van der Waals surface area contributed by atoms with Crippen molar-refractivity contribution in [3.63, 3.8) is 0 Å². The largest absolute Gasteiger partial charge is 0.278 e. The lowest BCUT2D eigenvalue weighted by atomic mass is 9.82. The molecule has 0 amide bonds. The molecule has 0 unspecified atom stereocenters. The fourth-order valence-corrected chi connectivity index (χ4v) is 10.2. The van der Waals surface area contributed by atoms with Gasteiger partial charge in [0, 0.05) is 32.7 Å². The molecule has 8 aromatic carbocycles. The fourth-order valence-electron chi connectivity index (χ4n) is 10.2. The second-order valence-electron chi connectivity index (χ2n) is 17.7. The summed E-state index contributed by atoms with van der Waals surface area (Å²) in [5, 5.41) is 2.38. The number of nitrogens with zero attached hydrogens (tertiary/aromatic N) is 4. The quantitative estimate of drug-likeness (QED) is 0.175. The zero-order valence-corrected chi connectivity index (χ0v) is 34.6. The second kappa shape index (κ2) is 13.0. The molecule has 12 rings (SSSR count). The molecule has 0 radical (unpaired) electrons. The lowest BCUT2D eigenvalue weighted by Crippen LogP contribution is -2.15. The number of fused-ring (bicyclic) bond motifs is 9. The molecule has 0 saturated carbocycles. The molecule has 2 heterocycles. The standard InChI is InChI=1S/C57H42N4/c1-56(2)47-21-13-11-19-41(47)43-31-45-46-32-44-42-20-12-14-22-48(42)57(3,4)50(44)34-52(46)61(51(45)33-49(43)56)55-59-53(39-27-23-37(24-28-39)35-15-7-5-8-16-35)58-54(60-55)40-29-25-38(26-30-40)36-17-9-6-10-18-36/h5-34H,1-4H3. The maximum absolute atomic E-state index is 5.42. The average molecular weight is 783 g/mol. The zero-order valence-electron chi connectivity index (χ0n) is 34.6. The van der Waals surface area contributed by atoms with Crippen LogP contribution >= 0.6 is 0 Å². The maximum atomic E-state index is 5.42. The highest BCUT2D eigenvalue weighted by Crippen LogP contribution is 2.54. The Morgan fingerprint density at radius 1 is 0.328 bits per heavy atom. The van der Waals surface area contributed by atoms with Crippen LogP contribution < -0.4 is 0 Å². The lowest BCUT2D eigenvalue weighted by molar-refractivity contribution is 0.660. The van der Waals surface area contributed by atoms with Crippen LogP contribution in [-0.2, 0) is 10.8 Å². The third kappa shape index (κ3) is 5.35. The monoisotopic (exact) mass is 782 g/mol. The number of rotatable bonds is 5. The van der Waals surface area contributed by atoms with Gasteiger partial charge in [0.1, 0.15) is 0 Å². The Kier molecular flexibility index (Phi) is 7.59. The van der Waals surface area contributed by atoms with Gasteiger partial charge in [0.05, 0.1) is 11.0 Å². The highest BCUT2D eigenvalue weighted by atomic mass is 15.2. The molecule has 10 aromatic rings. The van der Waals surface area contributed by atoms with Crippen molar-refractivity contribution in [3.05, 3.63) is 204 Å². The summed E-state index contributed by atoms with van der Waals surface area (Å²) in [7, 11) is 0. The molecule has 61 heavy (non-hydrogen) atoms. The van der Waals surface area contributed by atoms with Crippen LogP contribution in [0.5, 0.6) is 0 Å². The zero-order chi connectivity index (χ0) is 41.0. The van der Waals surface area contributed by atoms with Gasteiger partial charge in [-0.25, -0.2) is 4.98 Å². The number of benzene rings is 8. The van der Waals surface area contributed by atoms with Gasteiger partial charge in [-0.15, -0.1) is 0 Å². The van der Waals surface area contributed by atoms with Crippen molar-refractivity contribution in [3.8, 4) is 73.2 Å². The van der Waals surface area contributed by atoms with Crippen molar-refractivity contribution < 1.29 is 0 Å². The van der Waals surface area contributed by atoms with Crippen molar-refractivity contribution in [2.75, 3.05) is 0 Å². The van der Waals surface area contributed by atoms with Gasteiger partial charge in [-0.1, -0.05) is 185 Å². The molecule has 0 bridgehead atoms. The second-order valence-corrected chi connectivity index (χ2v) is 17.7. The Morgan fingerprint density at radius 3 is 1.11 bits per heavy atom. The number of hydrogen-bond acceptors (Lipinski definition) is 3. The first-order valence-corrected chi connectivity index (χ1v) is 21.2. The van der Waals surface area contributed by atoms with E-state index in [9.17, 15) is 0 Å². The van der Waals surface area contributed by atoms with E-state index in [0.717, 1.165) is 33.3 Å². The Balaban J connectivity index is 1.13. The van der Waals surface area contributed by atoms with Crippen molar-refractivity contribution in [2.24, 2.45) is 0 Å². The molecule has 0 atom stereocenters. The van der Waals surface area contributed by atoms with Crippen LogP contribution in [-0.4, -0.2) is 19.5 Å². The summed E-state index contributed by atoms with van der Waals surface area (Å²) in [6.45, 7) is 9.40. The summed E-state index contributed by atoms with van der Waals surface area (Å²) < 4.78 is 2.31. The molecule has 2 aromatic heterocycles. The lowest BCUT2D eigenvalue weighted by Gasteiger charge is -2.22. The first-order chi connectivity index (χ1) is 29.7. The predicted octanol–water partition coefficient (Wildman–Crippen LogP) is 14.2. The Hall–Kier alpha value is -7.43. The molecule has 0 saturated heterocycles. The number of hydrogen-bond donors (Lipinski definition) is 0. The van der Waals surface area contributed by atoms with Crippen molar-refractivity contribution in [1.82, 2.24) is 19.5 Å². The average Bonchev–Trinajstić information content (AvgIpc) is 3.84. The normalized spacial score (nSPS) is 14.2. The van der Waals surface area contributed by atoms with E-state index in [1.807, 2.05) is 0 Å². The van der Waals surface area contributed by atoms with Crippen LogP contribution in [0.15, 0.2) is 182 Å². The van der Waals surface area contributed by atoms with E-state index in [1.165, 1.54) is 66.4 Å². The van der Waals surface area contributed by atoms with Crippen LogP contribution in [0, 0.1) is 0 Å². The summed E-state index contributed by atoms with van der Waals surface area (Å²) in [5.74, 6) is 1.86. The highest BCUT2D eigenvalue weighted by molar-refractivity contribution is 6.13. The van der Waals surface area contributed by atoms with Crippen molar-refractivity contribution >= 4 is 21.8 Å². The van der Waals surface area contributed by atoms with Gasteiger partial charge < -0.3 is 0 Å². The molecular weight excluding hydrogens is 741 g/mol. The molecule has 2 aliphatic rings. The third-order valence-electron chi connectivity index (χ3n) is 13.5. The van der Waals surface area contributed by atoms with E-state index in [0.29, 0.717) is 17.6 Å². The first-order valence-electron chi connectivity index (χ1n) is 21.2. The first kappa shape index (κ1) is 35.5. The molecule has 290 valence electrons. The smallest absolute Gasteiger partial charge is 0.238 e. The van der Waals surface area contributed by atoms with Crippen LogP contribution in [0.3, 0.4) is 0 Å². The van der Waals surface area contributed by atoms with Crippen molar-refractivity contribution in [1.29, 1.82) is 0 Å². The van der Waals surface area contributed by atoms with Crippen LogP contribution in [0.25, 0.3) is 95.0 Å². The van der Waals surface area contributed by atoms with Gasteiger partial charge in [0.15, 0.2) is 11.6 Å². The summed E-state index contributed by atoms with van der Waals surface area (Å²) in [4.78, 5) is 16.1. The maximum Gasteiger partial charge on any atom is 0.238 e. The summed E-state index contributed by atoms with van der Waals surface area (Å²) >= 11 is 0. The molecule has 4 heteroatoms. The molecule has 2 aliphatic carbocycles. The van der Waals surface area contributed by atoms with Crippen molar-refractivity contribution in [2.45, 2.75) is 38.5 Å². The Labute approximate surface area is 355 Å². The number of aromatic nitrogens is 4. The predicted molar refractivity (Wildman–Crippen MR) is 251 cm³/mol. The summed E-state index contributed by atoms with van der Waals surface area (Å²) in [6, 6.07) is 65.6. The van der Waals surface area contributed by atoms with E-state index in [-0.39, 0.29) is 10.8 Å². The summed E-state index contributed by atoms with van der Waals surface area (Å²) in [5.41, 5.74) is 18.8. The molecule has 0 aliphatic heterocycles. The molecule has 0 fully saturated rings. The Morgan fingerprint density at radius 2 is 0.689 bits per heavy atom. The Bertz CT molecular complexity index is 3150. The van der Waals surface area contributed by atoms with Crippen LogP contribution in [0.1, 0.15) is 49.9 Å². The van der Waals surface area contributed by atoms with E-state index in [1.54, 1.807) is 0 Å². The molecular formula is C57H42N4. The summed E-state index contributed by atoms with van der Waals surface area (Å²) in [6.07, 6.45) is 0. The molecule has 0 N–H and O–H groups in total. The minimum absolute atomic E-state index is 0.180. The van der Waals surface area contributed by atoms with Gasteiger partial charge in [0.2, 0.25) is 5.95 Å². The molecule has 0 spiro atoms. The highest BCUT2D eigenvalue weighted by Gasteiger charge is 2.38. The van der Waals surface area contributed by atoms with E-state index < -0.39 is 0 Å². The van der Waals surface area contributed by atoms with E-state index in [2.05, 4.69) is 214 Å². The van der Waals surface area contributed by atoms with Gasteiger partial charge >= 0.3 is 0 Å². The van der Waals surface area contributed by atoms with Gasteiger partial charge in [0.25, 0.3) is 0 Å². The van der Waals surface area contributed by atoms with Crippen LogP contribution in [0.4, 0.5) is 0 Å². The minimum Gasteiger partial charge on any atom is -0.278 e. The van der Waals surface area contributed by atoms with Crippen LogP contribution in [0.2, 0.25) is 0 Å². The topological polar surface area (TPSA) is 43.6 Å². The SMILES string of the molecule is CC1(C)c2ccccc2-c2cc3c4cc5c(cc4n(-c4nc(-c6ccc(-c7ccccc7)cc6)nc(-c6ccc(-c7ccccc7)cc6)n4)c3cc21)C(C)(C)c1ccccc1-5.